The Labute approximate surface area is 113 Å². The lowest BCUT2D eigenvalue weighted by Crippen LogP contribution is -2.30. The molecule has 0 radical (unpaired) electrons. The third kappa shape index (κ3) is 5.22. The highest BCUT2D eigenvalue weighted by Crippen LogP contribution is 2.16. The van der Waals surface area contributed by atoms with Gasteiger partial charge in [0, 0.05) is 18.2 Å². The van der Waals surface area contributed by atoms with Crippen molar-refractivity contribution in [3.63, 3.8) is 0 Å². The van der Waals surface area contributed by atoms with Crippen molar-refractivity contribution >= 4 is 11.5 Å². The summed E-state index contributed by atoms with van der Waals surface area (Å²) in [5.41, 5.74) is 0.965. The fraction of sp³-hybridized carbons (Fsp3) is 0.400. The van der Waals surface area contributed by atoms with Gasteiger partial charge in [-0.1, -0.05) is 31.5 Å². The van der Waals surface area contributed by atoms with Crippen LogP contribution in [0.15, 0.2) is 30.3 Å². The highest BCUT2D eigenvalue weighted by Gasteiger charge is 2.07. The predicted molar refractivity (Wildman–Crippen MR) is 74.0 cm³/mol. The Balaban J connectivity index is 2.59. The zero-order chi connectivity index (χ0) is 14.3. The number of carbonyl (C=O) groups is 1. The van der Waals surface area contributed by atoms with Crippen LogP contribution in [0.25, 0.3) is 5.57 Å². The molecule has 4 heteroatoms. The smallest absolute Gasteiger partial charge is 0.244 e. The minimum Gasteiger partial charge on any atom is -0.391 e. The number of hydrogen-bond acceptors (Lipinski definition) is 2. The van der Waals surface area contributed by atoms with Crippen LogP contribution in [0.5, 0.6) is 0 Å². The second kappa shape index (κ2) is 7.69. The quantitative estimate of drug-likeness (QED) is 0.776. The Kier molecular flexibility index (Phi) is 6.22. The van der Waals surface area contributed by atoms with E-state index in [4.69, 9.17) is 0 Å². The van der Waals surface area contributed by atoms with Crippen molar-refractivity contribution in [2.45, 2.75) is 32.8 Å². The van der Waals surface area contributed by atoms with Gasteiger partial charge in [-0.05, 0) is 25.0 Å². The van der Waals surface area contributed by atoms with Crippen molar-refractivity contribution < 1.29 is 14.3 Å². The Morgan fingerprint density at radius 2 is 2.16 bits per heavy atom. The Morgan fingerprint density at radius 1 is 1.47 bits per heavy atom. The van der Waals surface area contributed by atoms with Crippen LogP contribution in [-0.4, -0.2) is 23.7 Å². The normalized spacial score (nSPS) is 13.2. The molecule has 0 aliphatic rings. The lowest BCUT2D eigenvalue weighted by Gasteiger charge is -2.09. The first-order valence-corrected chi connectivity index (χ1v) is 6.43. The molecule has 0 bridgehead atoms. The van der Waals surface area contributed by atoms with E-state index in [1.54, 1.807) is 25.1 Å². The van der Waals surface area contributed by atoms with Gasteiger partial charge in [-0.3, -0.25) is 4.79 Å². The van der Waals surface area contributed by atoms with Gasteiger partial charge in [-0.15, -0.1) is 0 Å². The van der Waals surface area contributed by atoms with Crippen LogP contribution >= 0.6 is 0 Å². The molecule has 1 rings (SSSR count). The molecular formula is C15H20FNO2. The molecule has 0 spiro atoms. The van der Waals surface area contributed by atoms with Crippen LogP contribution in [-0.2, 0) is 4.79 Å². The van der Waals surface area contributed by atoms with E-state index < -0.39 is 6.10 Å². The van der Waals surface area contributed by atoms with Gasteiger partial charge < -0.3 is 10.4 Å². The number of aliphatic hydroxyl groups is 1. The number of carbonyl (C=O) groups excluding carboxylic acids is 1. The van der Waals surface area contributed by atoms with Crippen LogP contribution in [0.2, 0.25) is 0 Å². The van der Waals surface area contributed by atoms with Gasteiger partial charge in [0.25, 0.3) is 0 Å². The largest absolute Gasteiger partial charge is 0.391 e. The van der Waals surface area contributed by atoms with Gasteiger partial charge in [0.1, 0.15) is 5.82 Å². The maximum Gasteiger partial charge on any atom is 0.244 e. The number of nitrogens with one attached hydrogen (secondary N) is 1. The number of amides is 1. The van der Waals surface area contributed by atoms with E-state index >= 15 is 0 Å². The Morgan fingerprint density at radius 3 is 2.79 bits per heavy atom. The molecule has 104 valence electrons. The first-order chi connectivity index (χ1) is 9.04. The predicted octanol–water partition coefficient (Wildman–Crippen LogP) is 2.51. The first-order valence-electron chi connectivity index (χ1n) is 6.43. The van der Waals surface area contributed by atoms with Crippen molar-refractivity contribution in [2.75, 3.05) is 6.54 Å². The summed E-state index contributed by atoms with van der Waals surface area (Å²) in [7, 11) is 0. The summed E-state index contributed by atoms with van der Waals surface area (Å²) in [4.78, 5) is 11.6. The first kappa shape index (κ1) is 15.4. The highest BCUT2D eigenvalue weighted by molar-refractivity contribution is 5.94. The number of allylic oxidation sites excluding steroid dienone is 1. The van der Waals surface area contributed by atoms with E-state index in [0.29, 0.717) is 17.6 Å². The summed E-state index contributed by atoms with van der Waals surface area (Å²) in [5, 5.41) is 12.1. The highest BCUT2D eigenvalue weighted by atomic mass is 19.1. The number of aliphatic hydroxyl groups excluding tert-OH is 1. The molecule has 1 atom stereocenters. The van der Waals surface area contributed by atoms with E-state index in [1.807, 2.05) is 6.92 Å². The van der Waals surface area contributed by atoms with Crippen molar-refractivity contribution in [3.05, 3.63) is 41.7 Å². The van der Waals surface area contributed by atoms with E-state index in [9.17, 15) is 14.3 Å². The molecule has 0 saturated heterocycles. The van der Waals surface area contributed by atoms with E-state index in [2.05, 4.69) is 5.32 Å². The van der Waals surface area contributed by atoms with E-state index in [0.717, 1.165) is 6.42 Å². The van der Waals surface area contributed by atoms with Crippen molar-refractivity contribution in [1.29, 1.82) is 0 Å². The maximum absolute atomic E-state index is 13.5. The maximum atomic E-state index is 13.5. The Hall–Kier alpha value is -1.68. The summed E-state index contributed by atoms with van der Waals surface area (Å²) in [5.74, 6) is -0.675. The van der Waals surface area contributed by atoms with E-state index in [1.165, 1.54) is 12.1 Å². The molecule has 2 N–H and O–H groups in total. The second-order valence-corrected chi connectivity index (χ2v) is 4.49. The third-order valence-electron chi connectivity index (χ3n) is 2.78. The second-order valence-electron chi connectivity index (χ2n) is 4.49. The molecule has 1 amide bonds. The number of halogens is 1. The molecule has 3 nitrogen and oxygen atoms in total. The topological polar surface area (TPSA) is 49.3 Å². The summed E-state index contributed by atoms with van der Waals surface area (Å²) >= 11 is 0. The molecule has 0 aliphatic heterocycles. The minimum absolute atomic E-state index is 0.216. The lowest BCUT2D eigenvalue weighted by atomic mass is 10.1. The number of benzene rings is 1. The molecule has 1 aromatic carbocycles. The van der Waals surface area contributed by atoms with Gasteiger partial charge >= 0.3 is 0 Å². The minimum atomic E-state index is -0.531. The summed E-state index contributed by atoms with van der Waals surface area (Å²) in [6, 6.07) is 6.31. The molecule has 1 unspecified atom stereocenters. The standard InChI is InChI=1S/C15H20FNO2/c1-3-6-12(18)10-17-15(19)9-11(2)13-7-4-5-8-14(13)16/h4-5,7-9,12,18H,3,6,10H2,1-2H3,(H,17,19)/b11-9-. The average molecular weight is 265 g/mol. The zero-order valence-corrected chi connectivity index (χ0v) is 11.3. The summed E-state index contributed by atoms with van der Waals surface area (Å²) in [6.45, 7) is 3.86. The molecule has 0 saturated carbocycles. The number of hydrogen-bond donors (Lipinski definition) is 2. The third-order valence-corrected chi connectivity index (χ3v) is 2.78. The molecule has 0 heterocycles. The Bertz CT molecular complexity index is 457. The summed E-state index contributed by atoms with van der Waals surface area (Å²) < 4.78 is 13.5. The fourth-order valence-corrected chi connectivity index (χ4v) is 1.76. The SMILES string of the molecule is CCCC(O)CNC(=O)/C=C(/C)c1ccccc1F. The van der Waals surface area contributed by atoms with Crippen LogP contribution in [0, 0.1) is 5.82 Å². The number of rotatable bonds is 6. The van der Waals surface area contributed by atoms with E-state index in [-0.39, 0.29) is 18.3 Å². The molecular weight excluding hydrogens is 245 g/mol. The molecule has 0 aliphatic carbocycles. The lowest BCUT2D eigenvalue weighted by molar-refractivity contribution is -0.116. The molecule has 0 fully saturated rings. The average Bonchev–Trinajstić information content (AvgIpc) is 2.37. The van der Waals surface area contributed by atoms with Crippen molar-refractivity contribution in [3.8, 4) is 0 Å². The molecule has 1 aromatic rings. The van der Waals surface area contributed by atoms with Gasteiger partial charge in [-0.25, -0.2) is 4.39 Å². The van der Waals surface area contributed by atoms with Gasteiger partial charge in [0.05, 0.1) is 6.10 Å². The fourth-order valence-electron chi connectivity index (χ4n) is 1.76. The van der Waals surface area contributed by atoms with Crippen LogP contribution < -0.4 is 5.32 Å². The van der Waals surface area contributed by atoms with Crippen molar-refractivity contribution in [2.24, 2.45) is 0 Å². The van der Waals surface area contributed by atoms with Gasteiger partial charge in [-0.2, -0.15) is 0 Å². The van der Waals surface area contributed by atoms with Crippen molar-refractivity contribution in [1.82, 2.24) is 5.32 Å². The van der Waals surface area contributed by atoms with Gasteiger partial charge in [0.15, 0.2) is 0 Å². The monoisotopic (exact) mass is 265 g/mol. The van der Waals surface area contributed by atoms with Gasteiger partial charge in [0.2, 0.25) is 5.91 Å². The molecule has 19 heavy (non-hydrogen) atoms. The summed E-state index contributed by atoms with van der Waals surface area (Å²) in [6.07, 6.45) is 2.32. The van der Waals surface area contributed by atoms with Crippen LogP contribution in [0.3, 0.4) is 0 Å². The molecule has 0 aromatic heterocycles. The zero-order valence-electron chi connectivity index (χ0n) is 11.3. The van der Waals surface area contributed by atoms with Crippen LogP contribution in [0.4, 0.5) is 4.39 Å². The van der Waals surface area contributed by atoms with Crippen LogP contribution in [0.1, 0.15) is 32.3 Å².